The zero-order valence-corrected chi connectivity index (χ0v) is 9.12. The van der Waals surface area contributed by atoms with Crippen LogP contribution in [0.4, 0.5) is 0 Å². The molecule has 0 spiro atoms. The van der Waals surface area contributed by atoms with Crippen molar-refractivity contribution in [1.29, 1.82) is 0 Å². The monoisotopic (exact) mass is 201 g/mol. The minimum absolute atomic E-state index is 0.154. The number of nitrogens with zero attached hydrogens (tertiary/aromatic N) is 2. The highest BCUT2D eigenvalue weighted by atomic mass is 15.3. The molecule has 78 valence electrons. The Kier molecular flexibility index (Phi) is 1.68. The van der Waals surface area contributed by atoms with E-state index in [1.165, 1.54) is 29.4 Å². The highest BCUT2D eigenvalue weighted by Crippen LogP contribution is 2.46. The summed E-state index contributed by atoms with van der Waals surface area (Å²) in [7, 11) is 4.04. The highest BCUT2D eigenvalue weighted by molar-refractivity contribution is 5.83. The lowest BCUT2D eigenvalue weighted by atomic mass is 10.1. The zero-order chi connectivity index (χ0) is 10.5. The molecule has 0 atom stereocenters. The van der Waals surface area contributed by atoms with Gasteiger partial charge in [0.05, 0.1) is 16.7 Å². The largest absolute Gasteiger partial charge is 0.309 e. The number of benzene rings is 1. The van der Waals surface area contributed by atoms with Gasteiger partial charge in [0, 0.05) is 12.4 Å². The van der Waals surface area contributed by atoms with Crippen molar-refractivity contribution in [3.63, 3.8) is 0 Å². The van der Waals surface area contributed by atoms with Crippen LogP contribution in [0.2, 0.25) is 0 Å². The Hall–Kier alpha value is -1.35. The van der Waals surface area contributed by atoms with Gasteiger partial charge in [-0.15, -0.1) is 0 Å². The summed E-state index contributed by atoms with van der Waals surface area (Å²) in [5.41, 5.74) is 2.58. The predicted molar refractivity (Wildman–Crippen MR) is 60.7 cm³/mol. The molecule has 1 heterocycles. The molecule has 1 aliphatic carbocycles. The fraction of sp³-hybridized carbons (Fsp3) is 0.417. The lowest BCUT2D eigenvalue weighted by Gasteiger charge is -2.10. The van der Waals surface area contributed by atoms with E-state index in [0.717, 1.165) is 0 Å². The molecule has 1 N–H and O–H groups in total. The molecule has 0 unspecified atom stereocenters. The van der Waals surface area contributed by atoms with Crippen LogP contribution in [0.15, 0.2) is 24.3 Å². The first-order valence-corrected chi connectivity index (χ1v) is 5.38. The van der Waals surface area contributed by atoms with Crippen molar-refractivity contribution in [3.8, 4) is 0 Å². The number of para-hydroxylation sites is 1. The molecule has 0 aliphatic heterocycles. The molecule has 1 aromatic heterocycles. The smallest absolute Gasteiger partial charge is 0.0903 e. The summed E-state index contributed by atoms with van der Waals surface area (Å²) in [6.45, 7) is 0. The second-order valence-electron chi connectivity index (χ2n) is 4.32. The fourth-order valence-corrected chi connectivity index (χ4v) is 2.30. The number of aryl methyl sites for hydroxylation is 1. The van der Waals surface area contributed by atoms with Crippen LogP contribution in [0.25, 0.3) is 10.9 Å². The van der Waals surface area contributed by atoms with E-state index in [0.29, 0.717) is 0 Å². The van der Waals surface area contributed by atoms with Crippen LogP contribution in [0.5, 0.6) is 0 Å². The van der Waals surface area contributed by atoms with Crippen LogP contribution in [-0.4, -0.2) is 16.8 Å². The maximum Gasteiger partial charge on any atom is 0.0903 e. The molecule has 1 saturated carbocycles. The molecular formula is C12H15N3. The standard InChI is InChI=1S/C12H15N3/c1-13-12(7-8-12)11-9-5-3-4-6-10(9)15(2)14-11/h3-6,13H,7-8H2,1-2H3. The van der Waals surface area contributed by atoms with E-state index >= 15 is 0 Å². The molecule has 1 aromatic carbocycles. The first kappa shape index (κ1) is 8.92. The molecule has 3 nitrogen and oxygen atoms in total. The van der Waals surface area contributed by atoms with E-state index in [1.807, 2.05) is 18.8 Å². The Morgan fingerprint density at radius 2 is 2.07 bits per heavy atom. The first-order chi connectivity index (χ1) is 7.27. The van der Waals surface area contributed by atoms with Crippen LogP contribution in [0, 0.1) is 0 Å². The van der Waals surface area contributed by atoms with Gasteiger partial charge >= 0.3 is 0 Å². The van der Waals surface area contributed by atoms with E-state index in [4.69, 9.17) is 0 Å². The molecular weight excluding hydrogens is 186 g/mol. The normalized spacial score (nSPS) is 18.3. The maximum atomic E-state index is 4.65. The first-order valence-electron chi connectivity index (χ1n) is 5.38. The van der Waals surface area contributed by atoms with E-state index in [9.17, 15) is 0 Å². The van der Waals surface area contributed by atoms with Gasteiger partial charge in [0.25, 0.3) is 0 Å². The van der Waals surface area contributed by atoms with Crippen molar-refractivity contribution in [2.75, 3.05) is 7.05 Å². The summed E-state index contributed by atoms with van der Waals surface area (Å²) >= 11 is 0. The third-order valence-corrected chi connectivity index (χ3v) is 3.44. The van der Waals surface area contributed by atoms with Crippen LogP contribution in [0.3, 0.4) is 0 Å². The summed E-state index contributed by atoms with van der Waals surface area (Å²) in [6.07, 6.45) is 2.40. The summed E-state index contributed by atoms with van der Waals surface area (Å²) in [4.78, 5) is 0. The molecule has 0 amide bonds. The Balaban J connectivity index is 2.28. The van der Waals surface area contributed by atoms with Crippen LogP contribution in [-0.2, 0) is 12.6 Å². The van der Waals surface area contributed by atoms with Gasteiger partial charge in [-0.1, -0.05) is 18.2 Å². The quantitative estimate of drug-likeness (QED) is 0.802. The minimum atomic E-state index is 0.154. The second-order valence-corrected chi connectivity index (χ2v) is 4.32. The second kappa shape index (κ2) is 2.83. The van der Waals surface area contributed by atoms with Crippen molar-refractivity contribution in [2.24, 2.45) is 7.05 Å². The number of hydrogen-bond acceptors (Lipinski definition) is 2. The third kappa shape index (κ3) is 1.13. The summed E-state index contributed by atoms with van der Waals surface area (Å²) in [5.74, 6) is 0. The summed E-state index contributed by atoms with van der Waals surface area (Å²) < 4.78 is 1.97. The maximum absolute atomic E-state index is 4.65. The summed E-state index contributed by atoms with van der Waals surface area (Å²) in [5, 5.41) is 9.33. The van der Waals surface area contributed by atoms with Crippen molar-refractivity contribution in [2.45, 2.75) is 18.4 Å². The molecule has 15 heavy (non-hydrogen) atoms. The molecule has 0 radical (unpaired) electrons. The van der Waals surface area contributed by atoms with Crippen molar-refractivity contribution < 1.29 is 0 Å². The van der Waals surface area contributed by atoms with E-state index in [-0.39, 0.29) is 5.54 Å². The topological polar surface area (TPSA) is 29.9 Å². The molecule has 1 aliphatic rings. The van der Waals surface area contributed by atoms with Crippen molar-refractivity contribution >= 4 is 10.9 Å². The van der Waals surface area contributed by atoms with Gasteiger partial charge in [0.2, 0.25) is 0 Å². The molecule has 3 rings (SSSR count). The van der Waals surface area contributed by atoms with E-state index in [1.54, 1.807) is 0 Å². The predicted octanol–water partition coefficient (Wildman–Crippen LogP) is 1.78. The Bertz CT molecular complexity index is 509. The minimum Gasteiger partial charge on any atom is -0.309 e. The third-order valence-electron chi connectivity index (χ3n) is 3.44. The average Bonchev–Trinajstić information content (AvgIpc) is 3.00. The van der Waals surface area contributed by atoms with Gasteiger partial charge in [-0.2, -0.15) is 5.10 Å². The van der Waals surface area contributed by atoms with Crippen LogP contribution < -0.4 is 5.32 Å². The van der Waals surface area contributed by atoms with Gasteiger partial charge in [0.15, 0.2) is 0 Å². The molecule has 0 saturated heterocycles. The van der Waals surface area contributed by atoms with Gasteiger partial charge in [-0.25, -0.2) is 0 Å². The number of hydrogen-bond donors (Lipinski definition) is 1. The van der Waals surface area contributed by atoms with Gasteiger partial charge < -0.3 is 5.32 Å². The average molecular weight is 201 g/mol. The lowest BCUT2D eigenvalue weighted by Crippen LogP contribution is -2.25. The SMILES string of the molecule is CNC1(c2nn(C)c3ccccc23)CC1. The molecule has 1 fully saturated rings. The Labute approximate surface area is 89.1 Å². The molecule has 3 heteroatoms. The van der Waals surface area contributed by atoms with Crippen LogP contribution in [0.1, 0.15) is 18.5 Å². The Morgan fingerprint density at radius 1 is 1.33 bits per heavy atom. The van der Waals surface area contributed by atoms with Gasteiger partial charge in [-0.05, 0) is 26.0 Å². The number of aromatic nitrogens is 2. The number of rotatable bonds is 2. The fourth-order valence-electron chi connectivity index (χ4n) is 2.30. The Morgan fingerprint density at radius 3 is 2.73 bits per heavy atom. The molecule has 2 aromatic rings. The van der Waals surface area contributed by atoms with Crippen molar-refractivity contribution in [1.82, 2.24) is 15.1 Å². The lowest BCUT2D eigenvalue weighted by molar-refractivity contribution is 0.558. The van der Waals surface area contributed by atoms with Gasteiger partial charge in [0.1, 0.15) is 0 Å². The van der Waals surface area contributed by atoms with Crippen LogP contribution >= 0.6 is 0 Å². The van der Waals surface area contributed by atoms with Gasteiger partial charge in [-0.3, -0.25) is 4.68 Å². The highest BCUT2D eigenvalue weighted by Gasteiger charge is 2.46. The van der Waals surface area contributed by atoms with E-state index < -0.39 is 0 Å². The summed E-state index contributed by atoms with van der Waals surface area (Å²) in [6, 6.07) is 8.43. The van der Waals surface area contributed by atoms with E-state index in [2.05, 4.69) is 34.7 Å². The molecule has 0 bridgehead atoms. The number of fused-ring (bicyclic) bond motifs is 1. The zero-order valence-electron chi connectivity index (χ0n) is 9.12. The van der Waals surface area contributed by atoms with Crippen molar-refractivity contribution in [3.05, 3.63) is 30.0 Å². The number of nitrogens with one attached hydrogen (secondary N) is 1.